The van der Waals surface area contributed by atoms with Crippen LogP contribution < -0.4 is 0 Å². The summed E-state index contributed by atoms with van der Waals surface area (Å²) in [6, 6.07) is 6.44. The molecule has 0 bridgehead atoms. The second-order valence-corrected chi connectivity index (χ2v) is 5.20. The van der Waals surface area contributed by atoms with Gasteiger partial charge in [-0.05, 0) is 37.0 Å². The quantitative estimate of drug-likeness (QED) is 0.757. The maximum absolute atomic E-state index is 13.0. The standard InChI is InChI=1S/C16H22FNO3/c1-20-10-11-21-12-16(19)18-9-3-2-4-15(18)13-5-7-14(17)8-6-13/h5-8,15H,2-4,9-12H2,1H3/t15-/m1/s1. The highest BCUT2D eigenvalue weighted by atomic mass is 19.1. The van der Waals surface area contributed by atoms with E-state index in [1.807, 2.05) is 4.90 Å². The van der Waals surface area contributed by atoms with E-state index in [0.29, 0.717) is 13.2 Å². The lowest BCUT2D eigenvalue weighted by molar-refractivity contribution is -0.140. The van der Waals surface area contributed by atoms with Crippen molar-refractivity contribution in [1.29, 1.82) is 0 Å². The number of piperidine rings is 1. The number of methoxy groups -OCH3 is 1. The van der Waals surface area contributed by atoms with Crippen LogP contribution in [-0.4, -0.2) is 44.3 Å². The van der Waals surface area contributed by atoms with Crippen LogP contribution in [0, 0.1) is 5.82 Å². The van der Waals surface area contributed by atoms with Gasteiger partial charge in [-0.15, -0.1) is 0 Å². The summed E-state index contributed by atoms with van der Waals surface area (Å²) in [4.78, 5) is 14.1. The van der Waals surface area contributed by atoms with Crippen molar-refractivity contribution in [2.24, 2.45) is 0 Å². The van der Waals surface area contributed by atoms with Crippen molar-refractivity contribution in [3.05, 3.63) is 35.6 Å². The molecule has 0 aromatic heterocycles. The molecule has 1 aromatic carbocycles. The number of amides is 1. The summed E-state index contributed by atoms with van der Waals surface area (Å²) in [5.41, 5.74) is 0.987. The molecular weight excluding hydrogens is 273 g/mol. The molecule has 1 atom stereocenters. The lowest BCUT2D eigenvalue weighted by Crippen LogP contribution is -2.40. The molecule has 0 radical (unpaired) electrons. The zero-order valence-corrected chi connectivity index (χ0v) is 12.4. The Morgan fingerprint density at radius 1 is 1.29 bits per heavy atom. The Labute approximate surface area is 124 Å². The van der Waals surface area contributed by atoms with Gasteiger partial charge in [0.1, 0.15) is 12.4 Å². The molecular formula is C16H22FNO3. The maximum Gasteiger partial charge on any atom is 0.249 e. The van der Waals surface area contributed by atoms with Gasteiger partial charge in [0, 0.05) is 13.7 Å². The predicted molar refractivity (Wildman–Crippen MR) is 77.4 cm³/mol. The lowest BCUT2D eigenvalue weighted by atomic mass is 9.95. The molecule has 1 heterocycles. The molecule has 0 aliphatic carbocycles. The molecule has 1 amide bonds. The number of rotatable bonds is 6. The van der Waals surface area contributed by atoms with E-state index in [1.54, 1.807) is 19.2 Å². The van der Waals surface area contributed by atoms with Crippen molar-refractivity contribution in [3.8, 4) is 0 Å². The summed E-state index contributed by atoms with van der Waals surface area (Å²) >= 11 is 0. The minimum atomic E-state index is -0.254. The molecule has 1 aromatic rings. The minimum Gasteiger partial charge on any atom is -0.382 e. The molecule has 0 N–H and O–H groups in total. The van der Waals surface area contributed by atoms with Crippen LogP contribution in [0.15, 0.2) is 24.3 Å². The summed E-state index contributed by atoms with van der Waals surface area (Å²) in [7, 11) is 1.60. The summed E-state index contributed by atoms with van der Waals surface area (Å²) in [5, 5.41) is 0. The fourth-order valence-corrected chi connectivity index (χ4v) is 2.65. The third-order valence-electron chi connectivity index (χ3n) is 3.74. The number of nitrogens with zero attached hydrogens (tertiary/aromatic N) is 1. The van der Waals surface area contributed by atoms with Gasteiger partial charge in [0.2, 0.25) is 5.91 Å². The number of carbonyl (C=O) groups excluding carboxylic acids is 1. The summed E-state index contributed by atoms with van der Waals surface area (Å²) in [6.45, 7) is 1.70. The van der Waals surface area contributed by atoms with Gasteiger partial charge < -0.3 is 14.4 Å². The number of ether oxygens (including phenoxy) is 2. The maximum atomic E-state index is 13.0. The van der Waals surface area contributed by atoms with Crippen LogP contribution in [0.25, 0.3) is 0 Å². The Hall–Kier alpha value is -1.46. The van der Waals surface area contributed by atoms with Crippen LogP contribution >= 0.6 is 0 Å². The number of carbonyl (C=O) groups is 1. The predicted octanol–water partition coefficient (Wildman–Crippen LogP) is 2.54. The number of benzene rings is 1. The topological polar surface area (TPSA) is 38.8 Å². The van der Waals surface area contributed by atoms with E-state index >= 15 is 0 Å². The molecule has 1 aliphatic heterocycles. The van der Waals surface area contributed by atoms with Gasteiger partial charge in [-0.2, -0.15) is 0 Å². The van der Waals surface area contributed by atoms with Crippen molar-refractivity contribution >= 4 is 5.91 Å². The van der Waals surface area contributed by atoms with Crippen molar-refractivity contribution in [2.45, 2.75) is 25.3 Å². The minimum absolute atomic E-state index is 0.0138. The van der Waals surface area contributed by atoms with Crippen LogP contribution in [0.2, 0.25) is 0 Å². The molecule has 2 rings (SSSR count). The normalized spacial score (nSPS) is 18.8. The van der Waals surface area contributed by atoms with Gasteiger partial charge >= 0.3 is 0 Å². The monoisotopic (exact) mass is 295 g/mol. The second kappa shape index (κ2) is 8.10. The first-order chi connectivity index (χ1) is 10.2. The van der Waals surface area contributed by atoms with Gasteiger partial charge in [0.15, 0.2) is 0 Å². The van der Waals surface area contributed by atoms with Crippen molar-refractivity contribution < 1.29 is 18.7 Å². The molecule has 5 heteroatoms. The van der Waals surface area contributed by atoms with Crippen LogP contribution in [-0.2, 0) is 14.3 Å². The van der Waals surface area contributed by atoms with Crippen LogP contribution in [0.5, 0.6) is 0 Å². The Bertz CT molecular complexity index is 449. The lowest BCUT2D eigenvalue weighted by Gasteiger charge is -2.36. The number of hydrogen-bond donors (Lipinski definition) is 0. The SMILES string of the molecule is COCCOCC(=O)N1CCCC[C@@H]1c1ccc(F)cc1. The Morgan fingerprint density at radius 3 is 2.76 bits per heavy atom. The third kappa shape index (κ3) is 4.51. The first-order valence-electron chi connectivity index (χ1n) is 7.34. The fraction of sp³-hybridized carbons (Fsp3) is 0.562. The van der Waals surface area contributed by atoms with Gasteiger partial charge in [-0.1, -0.05) is 12.1 Å². The highest BCUT2D eigenvalue weighted by molar-refractivity contribution is 5.78. The van der Waals surface area contributed by atoms with E-state index in [-0.39, 0.29) is 24.4 Å². The zero-order valence-electron chi connectivity index (χ0n) is 12.4. The molecule has 1 aliphatic rings. The van der Waals surface area contributed by atoms with E-state index in [2.05, 4.69) is 0 Å². The smallest absolute Gasteiger partial charge is 0.249 e. The summed E-state index contributed by atoms with van der Waals surface area (Å²) in [6.07, 6.45) is 2.99. The highest BCUT2D eigenvalue weighted by Crippen LogP contribution is 2.31. The molecule has 0 saturated carbocycles. The molecule has 21 heavy (non-hydrogen) atoms. The molecule has 116 valence electrons. The molecule has 0 spiro atoms. The largest absolute Gasteiger partial charge is 0.382 e. The van der Waals surface area contributed by atoms with Gasteiger partial charge in [-0.3, -0.25) is 4.79 Å². The average molecular weight is 295 g/mol. The Morgan fingerprint density at radius 2 is 2.05 bits per heavy atom. The molecule has 0 unspecified atom stereocenters. The molecule has 1 fully saturated rings. The Kier molecular flexibility index (Phi) is 6.14. The fourth-order valence-electron chi connectivity index (χ4n) is 2.65. The van der Waals surface area contributed by atoms with Gasteiger partial charge in [-0.25, -0.2) is 4.39 Å². The summed E-state index contributed by atoms with van der Waals surface area (Å²) < 4.78 is 23.2. The van der Waals surface area contributed by atoms with Crippen LogP contribution in [0.3, 0.4) is 0 Å². The zero-order chi connectivity index (χ0) is 15.1. The molecule has 4 nitrogen and oxygen atoms in total. The van der Waals surface area contributed by atoms with Crippen molar-refractivity contribution in [1.82, 2.24) is 4.90 Å². The third-order valence-corrected chi connectivity index (χ3v) is 3.74. The van der Waals surface area contributed by atoms with Crippen LogP contribution in [0.1, 0.15) is 30.9 Å². The van der Waals surface area contributed by atoms with E-state index in [1.165, 1.54) is 12.1 Å². The van der Waals surface area contributed by atoms with E-state index in [9.17, 15) is 9.18 Å². The highest BCUT2D eigenvalue weighted by Gasteiger charge is 2.27. The summed E-state index contributed by atoms with van der Waals surface area (Å²) in [5.74, 6) is -0.268. The second-order valence-electron chi connectivity index (χ2n) is 5.20. The average Bonchev–Trinajstić information content (AvgIpc) is 2.52. The first kappa shape index (κ1) is 15.9. The Balaban J connectivity index is 1.98. The van der Waals surface area contributed by atoms with Crippen molar-refractivity contribution in [2.75, 3.05) is 33.5 Å². The van der Waals surface area contributed by atoms with E-state index in [4.69, 9.17) is 9.47 Å². The van der Waals surface area contributed by atoms with Crippen LogP contribution in [0.4, 0.5) is 4.39 Å². The van der Waals surface area contributed by atoms with E-state index < -0.39 is 0 Å². The van der Waals surface area contributed by atoms with Crippen molar-refractivity contribution in [3.63, 3.8) is 0 Å². The number of halogens is 1. The number of hydrogen-bond acceptors (Lipinski definition) is 3. The molecule has 1 saturated heterocycles. The number of likely N-dealkylation sites (tertiary alicyclic amines) is 1. The van der Waals surface area contributed by atoms with E-state index in [0.717, 1.165) is 31.4 Å². The van der Waals surface area contributed by atoms with Gasteiger partial charge in [0.25, 0.3) is 0 Å². The van der Waals surface area contributed by atoms with Gasteiger partial charge in [0.05, 0.1) is 19.3 Å². The first-order valence-corrected chi connectivity index (χ1v) is 7.34.